The van der Waals surface area contributed by atoms with Gasteiger partial charge in [0.15, 0.2) is 0 Å². The van der Waals surface area contributed by atoms with Crippen LogP contribution in [-0.4, -0.2) is 53.3 Å². The van der Waals surface area contributed by atoms with Crippen LogP contribution in [0.25, 0.3) is 0 Å². The van der Waals surface area contributed by atoms with E-state index in [1.165, 1.54) is 0 Å². The van der Waals surface area contributed by atoms with E-state index in [4.69, 9.17) is 0 Å². The van der Waals surface area contributed by atoms with Crippen LogP contribution in [0.5, 0.6) is 0 Å². The van der Waals surface area contributed by atoms with E-state index in [1.54, 1.807) is 11.1 Å². The number of aromatic nitrogens is 1. The van der Waals surface area contributed by atoms with Gasteiger partial charge in [-0.2, -0.15) is 0 Å². The van der Waals surface area contributed by atoms with Crippen molar-refractivity contribution >= 4 is 29.2 Å². The highest BCUT2D eigenvalue weighted by atomic mass is 16.2. The number of nitrogens with zero attached hydrogens (tertiary/aromatic N) is 2. The minimum atomic E-state index is -0.570. The highest BCUT2D eigenvalue weighted by Crippen LogP contribution is 2.49. The van der Waals surface area contributed by atoms with E-state index in [1.807, 2.05) is 51.1 Å². The number of nitrogens with one attached hydrogen (secondary N) is 3. The normalized spacial score (nSPS) is 22.9. The van der Waals surface area contributed by atoms with E-state index in [2.05, 4.69) is 20.9 Å². The zero-order valence-electron chi connectivity index (χ0n) is 20.6. The van der Waals surface area contributed by atoms with Gasteiger partial charge in [0.05, 0.1) is 5.92 Å². The van der Waals surface area contributed by atoms with Gasteiger partial charge in [0.25, 0.3) is 0 Å². The Balaban J connectivity index is 1.34. The van der Waals surface area contributed by atoms with Crippen molar-refractivity contribution in [1.82, 2.24) is 15.2 Å². The highest BCUT2D eigenvalue weighted by molar-refractivity contribution is 6.01. The second-order valence-electron chi connectivity index (χ2n) is 10.9. The Hall–Kier alpha value is -3.26. The van der Waals surface area contributed by atoms with Crippen LogP contribution < -0.4 is 16.0 Å². The van der Waals surface area contributed by atoms with Crippen LogP contribution in [0.15, 0.2) is 36.5 Å². The van der Waals surface area contributed by atoms with Gasteiger partial charge in [-0.25, -0.2) is 4.98 Å². The minimum absolute atomic E-state index is 0.00150. The third-order valence-corrected chi connectivity index (χ3v) is 7.30. The molecule has 0 saturated carbocycles. The predicted molar refractivity (Wildman–Crippen MR) is 134 cm³/mol. The maximum absolute atomic E-state index is 13.2. The Kier molecular flexibility index (Phi) is 6.09. The van der Waals surface area contributed by atoms with Crippen molar-refractivity contribution in [2.45, 2.75) is 57.9 Å². The van der Waals surface area contributed by atoms with Crippen LogP contribution in [0.3, 0.4) is 0 Å². The van der Waals surface area contributed by atoms with Gasteiger partial charge in [-0.3, -0.25) is 14.4 Å². The van der Waals surface area contributed by atoms with Gasteiger partial charge in [-0.1, -0.05) is 32.9 Å². The van der Waals surface area contributed by atoms with Gasteiger partial charge in [-0.05, 0) is 60.7 Å². The molecule has 0 spiro atoms. The van der Waals surface area contributed by atoms with Crippen molar-refractivity contribution < 1.29 is 14.4 Å². The van der Waals surface area contributed by atoms with E-state index in [0.717, 1.165) is 42.5 Å². The van der Waals surface area contributed by atoms with Crippen molar-refractivity contribution in [3.8, 4) is 0 Å². The molecule has 8 nitrogen and oxygen atoms in total. The molecule has 3 N–H and O–H groups in total. The molecule has 0 bridgehead atoms. The zero-order chi connectivity index (χ0) is 24.7. The molecule has 3 amide bonds. The Morgan fingerprint density at radius 2 is 2.03 bits per heavy atom. The Morgan fingerprint density at radius 1 is 1.20 bits per heavy atom. The molecule has 3 atom stereocenters. The van der Waals surface area contributed by atoms with E-state index in [-0.39, 0.29) is 42.1 Å². The van der Waals surface area contributed by atoms with Gasteiger partial charge in [0, 0.05) is 35.8 Å². The number of hydrogen-bond acceptors (Lipinski definition) is 5. The number of carbonyl (C=O) groups is 3. The molecule has 2 aromatic rings. The van der Waals surface area contributed by atoms with Gasteiger partial charge in [-0.15, -0.1) is 0 Å². The summed E-state index contributed by atoms with van der Waals surface area (Å²) >= 11 is 0. The van der Waals surface area contributed by atoms with Crippen molar-refractivity contribution in [3.63, 3.8) is 0 Å². The molecule has 2 aliphatic heterocycles. The fourth-order valence-corrected chi connectivity index (χ4v) is 5.60. The second-order valence-corrected chi connectivity index (χ2v) is 10.9. The third-order valence-electron chi connectivity index (χ3n) is 7.30. The summed E-state index contributed by atoms with van der Waals surface area (Å²) in [5.41, 5.74) is 3.18. The fraction of sp³-hybridized carbons (Fsp3) is 0.481. The molecule has 1 aliphatic carbocycles. The molecule has 3 aliphatic rings. The van der Waals surface area contributed by atoms with Gasteiger partial charge in [0.2, 0.25) is 17.7 Å². The number of anilines is 2. The lowest BCUT2D eigenvalue weighted by molar-refractivity contribution is -0.144. The Morgan fingerprint density at radius 3 is 2.77 bits per heavy atom. The lowest BCUT2D eigenvalue weighted by atomic mass is 9.83. The highest BCUT2D eigenvalue weighted by Gasteiger charge is 2.43. The summed E-state index contributed by atoms with van der Waals surface area (Å²) in [5.74, 6) is 0.0728. The molecule has 0 unspecified atom stereocenters. The number of benzene rings is 1. The number of hydrogen-bond donors (Lipinski definition) is 3. The summed E-state index contributed by atoms with van der Waals surface area (Å²) in [4.78, 5) is 45.2. The number of rotatable bonds is 4. The van der Waals surface area contributed by atoms with Crippen molar-refractivity contribution in [2.24, 2.45) is 5.41 Å². The summed E-state index contributed by atoms with van der Waals surface area (Å²) in [7, 11) is 0. The van der Waals surface area contributed by atoms with Crippen LogP contribution in [-0.2, 0) is 20.8 Å². The molecular formula is C27H33N5O3. The number of fused-ring (bicyclic) bond motifs is 5. The molecule has 3 heterocycles. The monoisotopic (exact) mass is 475 g/mol. The molecular weight excluding hydrogens is 442 g/mol. The van der Waals surface area contributed by atoms with Gasteiger partial charge in [0.1, 0.15) is 12.4 Å². The predicted octanol–water partition coefficient (Wildman–Crippen LogP) is 3.02. The topological polar surface area (TPSA) is 103 Å². The molecule has 0 radical (unpaired) electrons. The van der Waals surface area contributed by atoms with Gasteiger partial charge < -0.3 is 20.9 Å². The van der Waals surface area contributed by atoms with Crippen LogP contribution in [0.2, 0.25) is 0 Å². The first-order valence-corrected chi connectivity index (χ1v) is 12.4. The van der Waals surface area contributed by atoms with Crippen molar-refractivity contribution in [2.75, 3.05) is 30.3 Å². The lowest BCUT2D eigenvalue weighted by Gasteiger charge is -2.37. The SMILES string of the molecule is CC(C)(C)C(=O)N(CC(=O)Nc1ccc2c(c1)[C@@H]1C(=O)Nc3ncccc3[C@H]1C2)[C@H]1CCCNC1. The number of piperidine rings is 1. The maximum atomic E-state index is 13.2. The summed E-state index contributed by atoms with van der Waals surface area (Å²) in [5, 5.41) is 9.26. The molecule has 1 fully saturated rings. The van der Waals surface area contributed by atoms with Gasteiger partial charge >= 0.3 is 0 Å². The van der Waals surface area contributed by atoms with E-state index >= 15 is 0 Å². The molecule has 1 aromatic carbocycles. The Bertz CT molecular complexity index is 1170. The molecule has 35 heavy (non-hydrogen) atoms. The Labute approximate surface area is 205 Å². The van der Waals surface area contributed by atoms with E-state index in [0.29, 0.717) is 18.1 Å². The summed E-state index contributed by atoms with van der Waals surface area (Å²) < 4.78 is 0. The standard InChI is InChI=1S/C27H33N5O3/c1-27(2,3)26(35)32(18-6-4-10-28-14-18)15-22(33)30-17-9-8-16-12-21-19-7-5-11-29-24(19)31-25(34)23(21)20(16)13-17/h5,7-9,11,13,18,21,23,28H,4,6,10,12,14-15H2,1-3H3,(H,30,33)(H,29,31,34)/t18-,21+,23-/m0/s1. The molecule has 5 rings (SSSR count). The number of amides is 3. The zero-order valence-corrected chi connectivity index (χ0v) is 20.6. The quantitative estimate of drug-likeness (QED) is 0.631. The average Bonchev–Trinajstić information content (AvgIpc) is 3.22. The lowest BCUT2D eigenvalue weighted by Crippen LogP contribution is -2.54. The van der Waals surface area contributed by atoms with E-state index < -0.39 is 5.41 Å². The van der Waals surface area contributed by atoms with Crippen molar-refractivity contribution in [1.29, 1.82) is 0 Å². The number of pyridine rings is 1. The molecule has 8 heteroatoms. The first kappa shape index (κ1) is 23.5. The first-order valence-electron chi connectivity index (χ1n) is 12.4. The maximum Gasteiger partial charge on any atom is 0.244 e. The van der Waals surface area contributed by atoms with E-state index in [9.17, 15) is 14.4 Å². The molecule has 1 saturated heterocycles. The van der Waals surface area contributed by atoms with Crippen LogP contribution in [0.1, 0.15) is 62.1 Å². The average molecular weight is 476 g/mol. The summed E-state index contributed by atoms with van der Waals surface area (Å²) in [6.45, 7) is 7.29. The summed E-state index contributed by atoms with van der Waals surface area (Å²) in [6, 6.07) is 9.71. The molecule has 184 valence electrons. The summed E-state index contributed by atoms with van der Waals surface area (Å²) in [6.07, 6.45) is 4.32. The largest absolute Gasteiger partial charge is 0.329 e. The first-order chi connectivity index (χ1) is 16.7. The van der Waals surface area contributed by atoms with Crippen molar-refractivity contribution in [3.05, 3.63) is 53.2 Å². The van der Waals surface area contributed by atoms with Crippen LogP contribution >= 0.6 is 0 Å². The number of carbonyl (C=O) groups excluding carboxylic acids is 3. The fourth-order valence-electron chi connectivity index (χ4n) is 5.60. The third kappa shape index (κ3) is 4.55. The molecule has 1 aromatic heterocycles. The van der Waals surface area contributed by atoms with Crippen LogP contribution in [0.4, 0.5) is 11.5 Å². The van der Waals surface area contributed by atoms with Crippen LogP contribution in [0, 0.1) is 5.41 Å². The minimum Gasteiger partial charge on any atom is -0.329 e. The second kappa shape index (κ2) is 9.07. The smallest absolute Gasteiger partial charge is 0.244 e.